The summed E-state index contributed by atoms with van der Waals surface area (Å²) in [7, 11) is 0. The molecule has 1 rings (SSSR count). The first-order valence-electron chi connectivity index (χ1n) is 5.09. The van der Waals surface area contributed by atoms with Crippen LogP contribution >= 0.6 is 11.8 Å². The van der Waals surface area contributed by atoms with Crippen molar-refractivity contribution in [3.05, 3.63) is 30.7 Å². The second kappa shape index (κ2) is 7.43. The molecule has 1 aromatic heterocycles. The minimum atomic E-state index is 0.890. The zero-order valence-corrected chi connectivity index (χ0v) is 9.89. The van der Waals surface area contributed by atoms with Gasteiger partial charge in [0.1, 0.15) is 5.03 Å². The van der Waals surface area contributed by atoms with E-state index >= 15 is 0 Å². The van der Waals surface area contributed by atoms with Crippen molar-refractivity contribution in [2.24, 2.45) is 0 Å². The topological polar surface area (TPSA) is 37.8 Å². The lowest BCUT2D eigenvalue weighted by Gasteiger charge is -2.05. The van der Waals surface area contributed by atoms with Crippen LogP contribution in [0.5, 0.6) is 0 Å². The number of thioether (sulfide) groups is 1. The Morgan fingerprint density at radius 3 is 3.07 bits per heavy atom. The molecule has 4 heteroatoms. The number of aromatic nitrogens is 2. The van der Waals surface area contributed by atoms with E-state index in [1.165, 1.54) is 5.57 Å². The Morgan fingerprint density at radius 1 is 1.53 bits per heavy atom. The molecule has 0 amide bonds. The highest BCUT2D eigenvalue weighted by Crippen LogP contribution is 2.15. The van der Waals surface area contributed by atoms with E-state index in [4.69, 9.17) is 0 Å². The molecule has 0 unspecified atom stereocenters. The first-order valence-corrected chi connectivity index (χ1v) is 6.07. The summed E-state index contributed by atoms with van der Waals surface area (Å²) in [6, 6.07) is 0. The molecule has 82 valence electrons. The quantitative estimate of drug-likeness (QED) is 0.436. The van der Waals surface area contributed by atoms with Gasteiger partial charge in [-0.15, -0.1) is 11.8 Å². The van der Waals surface area contributed by atoms with Gasteiger partial charge in [0, 0.05) is 24.7 Å². The predicted octanol–water partition coefficient (Wildman–Crippen LogP) is 2.12. The molecule has 0 aliphatic rings. The highest BCUT2D eigenvalue weighted by molar-refractivity contribution is 7.99. The molecule has 0 aliphatic carbocycles. The van der Waals surface area contributed by atoms with Gasteiger partial charge in [-0.25, -0.2) is 4.98 Å². The molecular weight excluding hydrogens is 206 g/mol. The average Bonchev–Trinajstić information content (AvgIpc) is 2.28. The standard InChI is InChI=1S/C11H17N3S/c1-3-4-12-7-10(2)9-15-11-8-13-5-6-14-11/h5-6,8,12H,2-4,7,9H2,1H3. The Hall–Kier alpha value is -0.870. The summed E-state index contributed by atoms with van der Waals surface area (Å²) in [4.78, 5) is 8.20. The van der Waals surface area contributed by atoms with E-state index in [1.54, 1.807) is 30.4 Å². The molecule has 0 saturated heterocycles. The Balaban J connectivity index is 2.17. The lowest BCUT2D eigenvalue weighted by Crippen LogP contribution is -2.18. The first-order chi connectivity index (χ1) is 7.33. The molecule has 3 nitrogen and oxygen atoms in total. The zero-order chi connectivity index (χ0) is 10.9. The second-order valence-electron chi connectivity index (χ2n) is 3.26. The third-order valence-electron chi connectivity index (χ3n) is 1.77. The van der Waals surface area contributed by atoms with E-state index in [-0.39, 0.29) is 0 Å². The van der Waals surface area contributed by atoms with Gasteiger partial charge in [0.25, 0.3) is 0 Å². The number of hydrogen-bond acceptors (Lipinski definition) is 4. The van der Waals surface area contributed by atoms with Gasteiger partial charge in [-0.1, -0.05) is 19.1 Å². The fourth-order valence-corrected chi connectivity index (χ4v) is 1.75. The number of rotatable bonds is 7. The van der Waals surface area contributed by atoms with E-state index in [0.717, 1.165) is 30.3 Å². The van der Waals surface area contributed by atoms with Crippen LogP contribution in [-0.4, -0.2) is 28.8 Å². The van der Waals surface area contributed by atoms with Crippen molar-refractivity contribution in [2.75, 3.05) is 18.8 Å². The highest BCUT2D eigenvalue weighted by atomic mass is 32.2. The van der Waals surface area contributed by atoms with E-state index in [1.807, 2.05) is 0 Å². The van der Waals surface area contributed by atoms with Crippen molar-refractivity contribution in [2.45, 2.75) is 18.4 Å². The van der Waals surface area contributed by atoms with Crippen LogP contribution in [-0.2, 0) is 0 Å². The molecule has 1 heterocycles. The molecule has 0 saturated carbocycles. The van der Waals surface area contributed by atoms with Crippen molar-refractivity contribution < 1.29 is 0 Å². The van der Waals surface area contributed by atoms with Crippen molar-refractivity contribution in [1.29, 1.82) is 0 Å². The van der Waals surface area contributed by atoms with Crippen molar-refractivity contribution in [3.8, 4) is 0 Å². The van der Waals surface area contributed by atoms with E-state index in [2.05, 4.69) is 28.8 Å². The Bertz CT molecular complexity index is 287. The lowest BCUT2D eigenvalue weighted by molar-refractivity contribution is 0.716. The van der Waals surface area contributed by atoms with Gasteiger partial charge in [-0.05, 0) is 13.0 Å². The molecule has 15 heavy (non-hydrogen) atoms. The van der Waals surface area contributed by atoms with Crippen LogP contribution in [0.15, 0.2) is 35.8 Å². The monoisotopic (exact) mass is 223 g/mol. The van der Waals surface area contributed by atoms with Crippen molar-refractivity contribution in [3.63, 3.8) is 0 Å². The molecule has 0 spiro atoms. The van der Waals surface area contributed by atoms with Gasteiger partial charge in [-0.2, -0.15) is 0 Å². The minimum absolute atomic E-state index is 0.890. The Labute approximate surface area is 95.4 Å². The fraction of sp³-hybridized carbons (Fsp3) is 0.455. The smallest absolute Gasteiger partial charge is 0.115 e. The van der Waals surface area contributed by atoms with Crippen LogP contribution in [0.4, 0.5) is 0 Å². The Kier molecular flexibility index (Phi) is 6.04. The van der Waals surface area contributed by atoms with Crippen LogP contribution in [0.25, 0.3) is 0 Å². The lowest BCUT2D eigenvalue weighted by atomic mass is 10.3. The summed E-state index contributed by atoms with van der Waals surface area (Å²) in [5.74, 6) is 0.898. The molecule has 0 aromatic carbocycles. The van der Waals surface area contributed by atoms with Gasteiger partial charge in [0.15, 0.2) is 0 Å². The van der Waals surface area contributed by atoms with E-state index in [9.17, 15) is 0 Å². The molecule has 0 radical (unpaired) electrons. The van der Waals surface area contributed by atoms with Gasteiger partial charge < -0.3 is 5.32 Å². The maximum absolute atomic E-state index is 4.19. The Morgan fingerprint density at radius 2 is 2.40 bits per heavy atom. The summed E-state index contributed by atoms with van der Waals surface area (Å²) < 4.78 is 0. The maximum atomic E-state index is 4.19. The van der Waals surface area contributed by atoms with Gasteiger partial charge >= 0.3 is 0 Å². The molecule has 0 aliphatic heterocycles. The molecule has 0 atom stereocenters. The summed E-state index contributed by atoms with van der Waals surface area (Å²) >= 11 is 1.67. The molecular formula is C11H17N3S. The average molecular weight is 223 g/mol. The highest BCUT2D eigenvalue weighted by Gasteiger charge is 1.97. The number of hydrogen-bond donors (Lipinski definition) is 1. The minimum Gasteiger partial charge on any atom is -0.313 e. The van der Waals surface area contributed by atoms with E-state index in [0.29, 0.717) is 0 Å². The van der Waals surface area contributed by atoms with Crippen LogP contribution in [0.1, 0.15) is 13.3 Å². The van der Waals surface area contributed by atoms with Gasteiger partial charge in [0.2, 0.25) is 0 Å². The molecule has 0 fully saturated rings. The zero-order valence-electron chi connectivity index (χ0n) is 9.07. The summed E-state index contributed by atoms with van der Waals surface area (Å²) in [6.45, 7) is 8.11. The third-order valence-corrected chi connectivity index (χ3v) is 2.82. The SMILES string of the molecule is C=C(CNCCC)CSc1cnccn1. The van der Waals surface area contributed by atoms with Crippen LogP contribution in [0, 0.1) is 0 Å². The molecule has 0 bridgehead atoms. The second-order valence-corrected chi connectivity index (χ2v) is 4.25. The first kappa shape index (κ1) is 12.2. The summed E-state index contributed by atoms with van der Waals surface area (Å²) in [5, 5.41) is 4.28. The van der Waals surface area contributed by atoms with Crippen molar-refractivity contribution >= 4 is 11.8 Å². The fourth-order valence-electron chi connectivity index (χ4n) is 1.03. The number of nitrogens with one attached hydrogen (secondary N) is 1. The van der Waals surface area contributed by atoms with Gasteiger partial charge in [0.05, 0.1) is 6.20 Å². The summed E-state index contributed by atoms with van der Waals surface area (Å²) in [6.07, 6.45) is 6.32. The van der Waals surface area contributed by atoms with Crippen molar-refractivity contribution in [1.82, 2.24) is 15.3 Å². The predicted molar refractivity (Wildman–Crippen MR) is 65.1 cm³/mol. The van der Waals surface area contributed by atoms with Crippen LogP contribution in [0.3, 0.4) is 0 Å². The molecule has 1 aromatic rings. The number of nitrogens with zero attached hydrogens (tertiary/aromatic N) is 2. The maximum Gasteiger partial charge on any atom is 0.115 e. The summed E-state index contributed by atoms with van der Waals surface area (Å²) in [5.41, 5.74) is 1.19. The van der Waals surface area contributed by atoms with Gasteiger partial charge in [-0.3, -0.25) is 4.98 Å². The largest absolute Gasteiger partial charge is 0.313 e. The molecule has 1 N–H and O–H groups in total. The van der Waals surface area contributed by atoms with Crippen LogP contribution < -0.4 is 5.32 Å². The normalized spacial score (nSPS) is 10.2. The van der Waals surface area contributed by atoms with E-state index < -0.39 is 0 Å². The van der Waals surface area contributed by atoms with Crippen LogP contribution in [0.2, 0.25) is 0 Å². The third kappa shape index (κ3) is 5.54.